The fourth-order valence-corrected chi connectivity index (χ4v) is 7.83. The van der Waals surface area contributed by atoms with E-state index in [1.165, 1.54) is 70.4 Å². The molecular weight excluding hydrogens is 1090 g/mol. The molecule has 3 amide bonds. The van der Waals surface area contributed by atoms with Crippen LogP contribution in [0.4, 0.5) is 57.6 Å². The standard InChI is InChI=1S/C15H10F3N3O3S.C14H7ClF3N3O3S.C14H8F3N3O3S/c1-8-2-7-11(25-8)13-20-21-14(23-13)19-12(22)9-3-5-10(6-4-9)24-15(16,17)18;15-10-6-5-9(25-10)12-20-21-13(23-12)19-11(22)7-1-3-8(4-2-7)24-14(16,17)18;15-14(16,17)23-9-5-3-8(4-6-9)11(21)18-13-20-19-12(22-13)10-2-1-7-24-10/h2-7H,1H3,(H,19,21,22);1-6H,(H,19,21,22);1-7H,(H,18,20,21). The number of rotatable bonds is 12. The first kappa shape index (κ1) is 53.4. The molecule has 0 saturated heterocycles. The van der Waals surface area contributed by atoms with Gasteiger partial charge in [-0.25, -0.2) is 0 Å². The second-order valence-corrected chi connectivity index (χ2v) is 17.8. The zero-order valence-electron chi connectivity index (χ0n) is 36.3. The molecule has 0 spiro atoms. The molecule has 0 aliphatic heterocycles. The molecule has 0 radical (unpaired) electrons. The van der Waals surface area contributed by atoms with E-state index in [2.05, 4.69) is 60.8 Å². The number of carbonyl (C=O) groups is 3. The van der Waals surface area contributed by atoms with Gasteiger partial charge in [0.15, 0.2) is 0 Å². The van der Waals surface area contributed by atoms with Gasteiger partial charge in [0.1, 0.15) is 17.2 Å². The molecule has 9 aromatic rings. The number of carbonyl (C=O) groups excluding carboxylic acids is 3. The van der Waals surface area contributed by atoms with Crippen molar-refractivity contribution in [3.05, 3.63) is 140 Å². The topological polar surface area (TPSA) is 232 Å². The first-order valence-electron chi connectivity index (χ1n) is 19.9. The molecule has 0 unspecified atom stereocenters. The molecule has 3 N–H and O–H groups in total. The van der Waals surface area contributed by atoms with Crippen LogP contribution in [0.25, 0.3) is 32.3 Å². The van der Waals surface area contributed by atoms with Crippen LogP contribution in [0.2, 0.25) is 4.34 Å². The molecule has 31 heteroatoms. The van der Waals surface area contributed by atoms with Crippen molar-refractivity contribution in [1.82, 2.24) is 30.6 Å². The van der Waals surface area contributed by atoms with Crippen molar-refractivity contribution in [3.63, 3.8) is 0 Å². The van der Waals surface area contributed by atoms with E-state index in [4.69, 9.17) is 24.9 Å². The van der Waals surface area contributed by atoms with Gasteiger partial charge in [0, 0.05) is 21.6 Å². The Bertz CT molecular complexity index is 3160. The lowest BCUT2D eigenvalue weighted by atomic mass is 10.2. The largest absolute Gasteiger partial charge is 0.573 e. The Hall–Kier alpha value is -8.35. The number of nitrogens with zero attached hydrogens (tertiary/aromatic N) is 6. The van der Waals surface area contributed by atoms with Crippen LogP contribution in [-0.4, -0.2) is 67.4 Å². The highest BCUT2D eigenvalue weighted by molar-refractivity contribution is 7.19. The fourth-order valence-electron chi connectivity index (χ4n) is 5.43. The van der Waals surface area contributed by atoms with E-state index < -0.39 is 54.1 Å². The highest BCUT2D eigenvalue weighted by Gasteiger charge is 2.33. The summed E-state index contributed by atoms with van der Waals surface area (Å²) in [6.07, 6.45) is -14.4. The summed E-state index contributed by atoms with van der Waals surface area (Å²) in [5, 5.41) is 31.4. The maximum absolute atomic E-state index is 12.1. The van der Waals surface area contributed by atoms with Crippen LogP contribution in [-0.2, 0) is 0 Å². The van der Waals surface area contributed by atoms with Crippen LogP contribution in [0.3, 0.4) is 0 Å². The molecule has 0 aliphatic carbocycles. The lowest BCUT2D eigenvalue weighted by molar-refractivity contribution is -0.275. The Labute approximate surface area is 423 Å². The Morgan fingerprint density at radius 3 is 1.12 bits per heavy atom. The summed E-state index contributed by atoms with van der Waals surface area (Å²) < 4.78 is 136. The highest BCUT2D eigenvalue weighted by atomic mass is 35.5. The van der Waals surface area contributed by atoms with Gasteiger partial charge in [0.2, 0.25) is 0 Å². The monoisotopic (exact) mass is 1110 g/mol. The molecule has 0 bridgehead atoms. The normalized spacial score (nSPS) is 11.3. The average molecular weight is 1110 g/mol. The van der Waals surface area contributed by atoms with Gasteiger partial charge in [-0.05, 0) is 115 Å². The minimum atomic E-state index is -4.80. The van der Waals surface area contributed by atoms with Crippen LogP contribution in [0.15, 0.2) is 128 Å². The second kappa shape index (κ2) is 23.0. The molecule has 74 heavy (non-hydrogen) atoms. The maximum Gasteiger partial charge on any atom is 0.573 e. The highest BCUT2D eigenvalue weighted by Crippen LogP contribution is 2.32. The molecule has 6 heterocycles. The lowest BCUT2D eigenvalue weighted by Crippen LogP contribution is -2.17. The average Bonchev–Trinajstić information content (AvgIpc) is 4.20. The number of aryl methyl sites for hydroxylation is 1. The van der Waals surface area contributed by atoms with Gasteiger partial charge >= 0.3 is 37.1 Å². The summed E-state index contributed by atoms with van der Waals surface area (Å²) >= 11 is 9.90. The van der Waals surface area contributed by atoms with Gasteiger partial charge in [-0.3, -0.25) is 30.3 Å². The Morgan fingerprint density at radius 2 is 0.824 bits per heavy atom. The van der Waals surface area contributed by atoms with Crippen LogP contribution in [0.5, 0.6) is 17.2 Å². The Balaban J connectivity index is 0.000000162. The van der Waals surface area contributed by atoms with Crippen molar-refractivity contribution >= 4 is 81.4 Å². The van der Waals surface area contributed by atoms with Crippen molar-refractivity contribution in [1.29, 1.82) is 0 Å². The molecule has 6 aromatic heterocycles. The van der Waals surface area contributed by atoms with Crippen molar-refractivity contribution in [3.8, 4) is 49.6 Å². The number of hydrogen-bond acceptors (Lipinski definition) is 18. The number of halogens is 10. The SMILES string of the molecule is Cc1ccc(-c2nnc(NC(=O)c3ccc(OC(F)(F)F)cc3)o2)s1.O=C(Nc1nnc(-c2ccc(Cl)s2)o1)c1ccc(OC(F)(F)F)cc1.O=C(Nc1nnc(-c2cccs2)o1)c1ccc(OC(F)(F)F)cc1. The van der Waals surface area contributed by atoms with E-state index in [0.29, 0.717) is 9.21 Å². The van der Waals surface area contributed by atoms with Gasteiger partial charge < -0.3 is 27.5 Å². The number of alkyl halides is 9. The number of aromatic nitrogens is 6. The van der Waals surface area contributed by atoms with E-state index in [9.17, 15) is 53.9 Å². The number of ether oxygens (including phenoxy) is 3. The first-order chi connectivity index (χ1) is 35.0. The third kappa shape index (κ3) is 16.1. The molecule has 384 valence electrons. The molecule has 3 aromatic carbocycles. The van der Waals surface area contributed by atoms with Crippen LogP contribution in [0, 0.1) is 6.92 Å². The number of anilines is 3. The van der Waals surface area contributed by atoms with E-state index in [-0.39, 0.29) is 52.4 Å². The Kier molecular flexibility index (Phi) is 16.6. The van der Waals surface area contributed by atoms with Crippen LogP contribution < -0.4 is 30.2 Å². The molecule has 0 fully saturated rings. The predicted molar refractivity (Wildman–Crippen MR) is 246 cm³/mol. The van der Waals surface area contributed by atoms with E-state index in [0.717, 1.165) is 51.0 Å². The van der Waals surface area contributed by atoms with Crippen molar-refractivity contribution < 1.29 is 81.4 Å². The maximum atomic E-state index is 12.1. The van der Waals surface area contributed by atoms with Gasteiger partial charge in [-0.2, -0.15) is 0 Å². The minimum absolute atomic E-state index is 0.0912. The molecular formula is C43H25ClF9N9O9S3. The molecule has 0 saturated carbocycles. The minimum Gasteiger partial charge on any atom is -0.406 e. The lowest BCUT2D eigenvalue weighted by Gasteiger charge is -2.08. The number of nitrogens with one attached hydrogen (secondary N) is 3. The zero-order valence-corrected chi connectivity index (χ0v) is 39.5. The van der Waals surface area contributed by atoms with Crippen LogP contribution in [0.1, 0.15) is 36.0 Å². The van der Waals surface area contributed by atoms with Crippen molar-refractivity contribution in [2.24, 2.45) is 0 Å². The Morgan fingerprint density at radius 1 is 0.473 bits per heavy atom. The molecule has 0 aliphatic rings. The number of thiophene rings is 3. The third-order valence-electron chi connectivity index (χ3n) is 8.45. The van der Waals surface area contributed by atoms with Crippen molar-refractivity contribution in [2.75, 3.05) is 16.0 Å². The number of amides is 3. The van der Waals surface area contributed by atoms with E-state index in [1.807, 2.05) is 30.5 Å². The number of hydrogen-bond donors (Lipinski definition) is 3. The molecule has 0 atom stereocenters. The smallest absolute Gasteiger partial charge is 0.406 e. The second-order valence-electron chi connectivity index (χ2n) is 13.8. The summed E-state index contributed by atoms with van der Waals surface area (Å²) in [5.41, 5.74) is 0.315. The van der Waals surface area contributed by atoms with E-state index >= 15 is 0 Å². The fraction of sp³-hybridized carbons (Fsp3) is 0.0930. The van der Waals surface area contributed by atoms with Gasteiger partial charge in [0.25, 0.3) is 35.4 Å². The summed E-state index contributed by atoms with van der Waals surface area (Å²) in [6, 6.07) is 23.6. The summed E-state index contributed by atoms with van der Waals surface area (Å²) in [5.74, 6) is -2.39. The number of benzene rings is 3. The quantitative estimate of drug-likeness (QED) is 0.0966. The van der Waals surface area contributed by atoms with Gasteiger partial charge in [-0.15, -0.1) is 88.8 Å². The zero-order chi connectivity index (χ0) is 53.2. The first-order valence-corrected chi connectivity index (χ1v) is 22.8. The molecule has 9 rings (SSSR count). The predicted octanol–water partition coefficient (Wildman–Crippen LogP) is 12.8. The summed E-state index contributed by atoms with van der Waals surface area (Å²) in [7, 11) is 0. The van der Waals surface area contributed by atoms with Crippen LogP contribution >= 0.6 is 45.6 Å². The van der Waals surface area contributed by atoms with Gasteiger partial charge in [0.05, 0.1) is 19.0 Å². The summed E-state index contributed by atoms with van der Waals surface area (Å²) in [6.45, 7) is 1.93. The summed E-state index contributed by atoms with van der Waals surface area (Å²) in [4.78, 5) is 39.3. The van der Waals surface area contributed by atoms with E-state index in [1.54, 1.807) is 18.2 Å². The van der Waals surface area contributed by atoms with Crippen molar-refractivity contribution in [2.45, 2.75) is 26.0 Å². The molecule has 18 nitrogen and oxygen atoms in total. The van der Waals surface area contributed by atoms with Gasteiger partial charge in [-0.1, -0.05) is 33.0 Å². The third-order valence-corrected chi connectivity index (χ3v) is 11.5.